The molecule has 1 aliphatic heterocycles. The molecule has 2 aromatic carbocycles. The monoisotopic (exact) mass is 325 g/mol. The predicted molar refractivity (Wildman–Crippen MR) is 92.2 cm³/mol. The number of fused-ring (bicyclic) bond motifs is 1. The van der Waals surface area contributed by atoms with Gasteiger partial charge in [-0.15, -0.1) is 0 Å². The zero-order valence-electron chi connectivity index (χ0n) is 13.6. The van der Waals surface area contributed by atoms with Gasteiger partial charge in [-0.2, -0.15) is 0 Å². The topological polar surface area (TPSA) is 70.7 Å². The van der Waals surface area contributed by atoms with Gasteiger partial charge in [0, 0.05) is 19.3 Å². The lowest BCUT2D eigenvalue weighted by atomic mass is 10.2. The maximum atomic E-state index is 12.0. The smallest absolute Gasteiger partial charge is 0.319 e. The van der Waals surface area contributed by atoms with Crippen LogP contribution >= 0.6 is 0 Å². The van der Waals surface area contributed by atoms with E-state index in [1.54, 1.807) is 32.2 Å². The highest BCUT2D eigenvalue weighted by Gasteiger charge is 2.28. The van der Waals surface area contributed by atoms with Crippen molar-refractivity contribution < 1.29 is 14.3 Å². The highest BCUT2D eigenvalue weighted by Crippen LogP contribution is 2.35. The number of nitrogens with zero attached hydrogens (tertiary/aromatic N) is 1. The van der Waals surface area contributed by atoms with Gasteiger partial charge in [-0.1, -0.05) is 30.3 Å². The molecule has 6 nitrogen and oxygen atoms in total. The molecular formula is C18H19N3O3. The van der Waals surface area contributed by atoms with Gasteiger partial charge in [0.05, 0.1) is 5.69 Å². The van der Waals surface area contributed by atoms with E-state index in [2.05, 4.69) is 10.6 Å². The summed E-state index contributed by atoms with van der Waals surface area (Å²) in [7, 11) is 1.69. The number of hydrogen-bond acceptors (Lipinski definition) is 3. The van der Waals surface area contributed by atoms with Crippen LogP contribution in [-0.2, 0) is 11.3 Å². The van der Waals surface area contributed by atoms with Crippen LogP contribution in [0.4, 0.5) is 16.2 Å². The Morgan fingerprint density at radius 1 is 1.21 bits per heavy atom. The van der Waals surface area contributed by atoms with Crippen molar-refractivity contribution in [2.24, 2.45) is 0 Å². The fourth-order valence-corrected chi connectivity index (χ4v) is 2.54. The number of hydrogen-bond donors (Lipinski definition) is 2. The van der Waals surface area contributed by atoms with Gasteiger partial charge in [-0.25, -0.2) is 4.79 Å². The van der Waals surface area contributed by atoms with Crippen LogP contribution in [0.15, 0.2) is 48.5 Å². The van der Waals surface area contributed by atoms with Crippen molar-refractivity contribution in [2.75, 3.05) is 17.3 Å². The minimum absolute atomic E-state index is 0.117. The molecule has 0 aliphatic carbocycles. The molecule has 2 aromatic rings. The first-order chi connectivity index (χ1) is 11.5. The van der Waals surface area contributed by atoms with E-state index in [-0.39, 0.29) is 11.9 Å². The molecule has 3 rings (SSSR count). The van der Waals surface area contributed by atoms with Crippen molar-refractivity contribution >= 4 is 23.3 Å². The van der Waals surface area contributed by atoms with Crippen LogP contribution in [0.25, 0.3) is 0 Å². The summed E-state index contributed by atoms with van der Waals surface area (Å²) in [5.74, 6) is 0.507. The molecule has 1 atom stereocenters. The van der Waals surface area contributed by atoms with E-state index in [0.29, 0.717) is 23.7 Å². The normalized spacial score (nSPS) is 16.2. The highest BCUT2D eigenvalue weighted by molar-refractivity contribution is 6.00. The molecule has 1 unspecified atom stereocenters. The average molecular weight is 325 g/mol. The van der Waals surface area contributed by atoms with Crippen LogP contribution in [0.2, 0.25) is 0 Å². The largest absolute Gasteiger partial charge is 0.479 e. The third-order valence-corrected chi connectivity index (χ3v) is 3.86. The van der Waals surface area contributed by atoms with Gasteiger partial charge in [0.15, 0.2) is 6.10 Å². The molecule has 2 N–H and O–H groups in total. The number of carbonyl (C=O) groups excluding carboxylic acids is 2. The Labute approximate surface area is 140 Å². The molecule has 1 aliphatic rings. The van der Waals surface area contributed by atoms with Crippen LogP contribution in [-0.4, -0.2) is 25.1 Å². The number of benzene rings is 2. The highest BCUT2D eigenvalue weighted by atomic mass is 16.5. The molecule has 6 heteroatoms. The summed E-state index contributed by atoms with van der Waals surface area (Å²) in [6.07, 6.45) is -0.504. The van der Waals surface area contributed by atoms with Crippen molar-refractivity contribution in [1.82, 2.24) is 5.32 Å². The lowest BCUT2D eigenvalue weighted by molar-refractivity contribution is -0.125. The van der Waals surface area contributed by atoms with Gasteiger partial charge in [-0.05, 0) is 30.7 Å². The molecule has 0 saturated carbocycles. The van der Waals surface area contributed by atoms with Gasteiger partial charge in [0.2, 0.25) is 0 Å². The summed E-state index contributed by atoms with van der Waals surface area (Å²) < 4.78 is 5.56. The van der Waals surface area contributed by atoms with Gasteiger partial charge in [-0.3, -0.25) is 4.79 Å². The van der Waals surface area contributed by atoms with Gasteiger partial charge in [0.25, 0.3) is 5.91 Å². The Morgan fingerprint density at radius 2 is 1.96 bits per heavy atom. The molecule has 24 heavy (non-hydrogen) atoms. The molecule has 0 bridgehead atoms. The van der Waals surface area contributed by atoms with E-state index in [0.717, 1.165) is 5.56 Å². The van der Waals surface area contributed by atoms with Crippen molar-refractivity contribution in [3.05, 3.63) is 54.1 Å². The van der Waals surface area contributed by atoms with Crippen molar-refractivity contribution in [1.29, 1.82) is 0 Å². The van der Waals surface area contributed by atoms with E-state index >= 15 is 0 Å². The zero-order valence-corrected chi connectivity index (χ0v) is 13.6. The first kappa shape index (κ1) is 15.9. The SMILES string of the molecule is CC1Oc2ccc(NC(=O)NCc3ccccc3)cc2N(C)C1=O. The Morgan fingerprint density at radius 3 is 2.71 bits per heavy atom. The quantitative estimate of drug-likeness (QED) is 0.911. The lowest BCUT2D eigenvalue weighted by Crippen LogP contribution is -2.42. The van der Waals surface area contributed by atoms with E-state index in [4.69, 9.17) is 4.74 Å². The number of ether oxygens (including phenoxy) is 1. The molecule has 1 heterocycles. The third-order valence-electron chi connectivity index (χ3n) is 3.86. The minimum atomic E-state index is -0.504. The average Bonchev–Trinajstić information content (AvgIpc) is 2.59. The summed E-state index contributed by atoms with van der Waals surface area (Å²) >= 11 is 0. The standard InChI is InChI=1S/C18H19N3O3/c1-12-17(22)21(2)15-10-14(8-9-16(15)24-12)20-18(23)19-11-13-6-4-3-5-7-13/h3-10,12H,11H2,1-2H3,(H2,19,20,23). The second-order valence-corrected chi connectivity index (χ2v) is 5.63. The molecule has 0 spiro atoms. The Hall–Kier alpha value is -3.02. The second kappa shape index (κ2) is 6.62. The Balaban J connectivity index is 1.66. The Bertz CT molecular complexity index is 761. The Kier molecular flexibility index (Phi) is 4.37. The molecular weight excluding hydrogens is 306 g/mol. The fraction of sp³-hybridized carbons (Fsp3) is 0.222. The van der Waals surface area contributed by atoms with Crippen molar-refractivity contribution in [3.63, 3.8) is 0 Å². The third kappa shape index (κ3) is 3.32. The summed E-state index contributed by atoms with van der Waals surface area (Å²) in [6.45, 7) is 2.15. The van der Waals surface area contributed by atoms with Crippen molar-refractivity contribution in [3.8, 4) is 5.75 Å². The summed E-state index contributed by atoms with van der Waals surface area (Å²) in [5.41, 5.74) is 2.25. The van der Waals surface area contributed by atoms with Crippen LogP contribution in [0, 0.1) is 0 Å². The van der Waals surface area contributed by atoms with Crippen LogP contribution < -0.4 is 20.3 Å². The molecule has 3 amide bonds. The fourth-order valence-electron chi connectivity index (χ4n) is 2.54. The first-order valence-electron chi connectivity index (χ1n) is 7.71. The summed E-state index contributed by atoms with van der Waals surface area (Å²) in [5, 5.41) is 5.56. The van der Waals surface area contributed by atoms with Gasteiger partial charge in [0.1, 0.15) is 5.75 Å². The van der Waals surface area contributed by atoms with E-state index in [1.165, 1.54) is 4.90 Å². The minimum Gasteiger partial charge on any atom is -0.479 e. The summed E-state index contributed by atoms with van der Waals surface area (Å²) in [4.78, 5) is 25.5. The van der Waals surface area contributed by atoms with E-state index in [9.17, 15) is 9.59 Å². The van der Waals surface area contributed by atoms with Gasteiger partial charge >= 0.3 is 6.03 Å². The van der Waals surface area contributed by atoms with Crippen LogP contribution in [0.1, 0.15) is 12.5 Å². The van der Waals surface area contributed by atoms with Crippen molar-refractivity contribution in [2.45, 2.75) is 19.6 Å². The summed E-state index contributed by atoms with van der Waals surface area (Å²) in [6, 6.07) is 14.6. The number of rotatable bonds is 3. The molecule has 0 radical (unpaired) electrons. The predicted octanol–water partition coefficient (Wildman–Crippen LogP) is 2.75. The number of anilines is 2. The second-order valence-electron chi connectivity index (χ2n) is 5.63. The lowest BCUT2D eigenvalue weighted by Gasteiger charge is -2.30. The molecule has 0 aromatic heterocycles. The van der Waals surface area contributed by atoms with Crippen LogP contribution in [0.3, 0.4) is 0 Å². The number of carbonyl (C=O) groups is 2. The first-order valence-corrected chi connectivity index (χ1v) is 7.71. The maximum absolute atomic E-state index is 12.0. The van der Waals surface area contributed by atoms with E-state index < -0.39 is 6.10 Å². The van der Waals surface area contributed by atoms with E-state index in [1.807, 2.05) is 30.3 Å². The zero-order chi connectivity index (χ0) is 17.1. The number of likely N-dealkylation sites (N-methyl/N-ethyl adjacent to an activating group) is 1. The number of urea groups is 1. The maximum Gasteiger partial charge on any atom is 0.319 e. The van der Waals surface area contributed by atoms with Gasteiger partial charge < -0.3 is 20.3 Å². The number of amides is 3. The molecule has 0 fully saturated rings. The molecule has 124 valence electrons. The number of nitrogens with one attached hydrogen (secondary N) is 2. The molecule has 0 saturated heterocycles. The van der Waals surface area contributed by atoms with Crippen LogP contribution in [0.5, 0.6) is 5.75 Å².